The highest BCUT2D eigenvalue weighted by atomic mass is 35.5. The van der Waals surface area contributed by atoms with Gasteiger partial charge in [0.1, 0.15) is 45.7 Å². The SMILES string of the molecule is Cn1nnn(-c2cc(N)ccc2OC(C)(C)CO[Si](C)(C)C(C)(C)C)c1=O.[C-]#[N+]c1cnc(Cl)nc1N[C@@H]1C[C@@H]2CCCN2C(C)(C)C1.[C-]#[N+]c1cnc(Nc2ccc(OC(C)(C)CO)c(-n3nnn(C)c3=O)c2)nc1N[C@@H]1C[C@@H]2CCCN2C(C)(C)C1. The second-order valence-corrected chi connectivity index (χ2v) is 32.4. The lowest BCUT2D eigenvalue weighted by Crippen LogP contribution is -2.55. The van der Waals surface area contributed by atoms with E-state index < -0.39 is 25.2 Å². The normalized spacial score (nSPS) is 20.0. The number of ether oxygens (including phenoxy) is 2. The Morgan fingerprint density at radius 1 is 0.727 bits per heavy atom. The van der Waals surface area contributed by atoms with E-state index in [-0.39, 0.29) is 39.7 Å². The molecule has 474 valence electrons. The summed E-state index contributed by atoms with van der Waals surface area (Å²) < 4.78 is 23.1. The fourth-order valence-corrected chi connectivity index (χ4v) is 13.0. The summed E-state index contributed by atoms with van der Waals surface area (Å²) in [5.41, 5.74) is 6.51. The maximum absolute atomic E-state index is 12.7. The molecule has 0 unspecified atom stereocenters. The number of halogens is 1. The van der Waals surface area contributed by atoms with Gasteiger partial charge in [0, 0.05) is 73.1 Å². The average Bonchev–Trinajstić information content (AvgIpc) is 2.64. The van der Waals surface area contributed by atoms with Crippen LogP contribution < -0.4 is 42.5 Å². The van der Waals surface area contributed by atoms with Crippen LogP contribution in [0.4, 0.5) is 40.3 Å². The number of nitrogens with one attached hydrogen (secondary N) is 3. The van der Waals surface area contributed by atoms with Gasteiger partial charge in [0.2, 0.25) is 22.6 Å². The van der Waals surface area contributed by atoms with Crippen molar-refractivity contribution in [3.05, 3.63) is 97.9 Å². The second kappa shape index (κ2) is 26.3. The van der Waals surface area contributed by atoms with Crippen molar-refractivity contribution in [2.75, 3.05) is 48.0 Å². The fraction of sp³-hybridized carbons (Fsp3) is 0.600. The lowest BCUT2D eigenvalue weighted by molar-refractivity contribution is 0.0411. The van der Waals surface area contributed by atoms with Gasteiger partial charge >= 0.3 is 11.4 Å². The number of tetrazole rings is 2. The largest absolute Gasteiger partial charge is 0.483 e. The van der Waals surface area contributed by atoms with E-state index in [4.69, 9.17) is 44.4 Å². The van der Waals surface area contributed by atoms with Crippen molar-refractivity contribution in [2.45, 2.75) is 192 Å². The number of aryl methyl sites for hydroxylation is 2. The molecule has 0 amide bonds. The molecule has 4 atom stereocenters. The van der Waals surface area contributed by atoms with E-state index in [9.17, 15) is 14.7 Å². The third-order valence-electron chi connectivity index (χ3n) is 17.2. The molecule has 88 heavy (non-hydrogen) atoms. The van der Waals surface area contributed by atoms with Crippen LogP contribution in [0.15, 0.2) is 58.4 Å². The maximum Gasteiger partial charge on any atom is 0.368 e. The van der Waals surface area contributed by atoms with Gasteiger partial charge in [0.05, 0.1) is 26.4 Å². The summed E-state index contributed by atoms with van der Waals surface area (Å²) in [6, 6.07) is 11.9. The molecule has 0 radical (unpaired) electrons. The summed E-state index contributed by atoms with van der Waals surface area (Å²) in [5, 5.41) is 35.6. The molecule has 26 nitrogen and oxygen atoms in total. The zero-order valence-corrected chi connectivity index (χ0v) is 55.3. The van der Waals surface area contributed by atoms with E-state index in [1.54, 1.807) is 50.2 Å². The Labute approximate surface area is 521 Å². The minimum Gasteiger partial charge on any atom is -0.483 e. The molecule has 4 fully saturated rings. The predicted octanol–water partition coefficient (Wildman–Crippen LogP) is 9.24. The van der Waals surface area contributed by atoms with Gasteiger partial charge in [-0.25, -0.2) is 39.2 Å². The van der Waals surface area contributed by atoms with Crippen molar-refractivity contribution in [1.82, 2.24) is 69.3 Å². The Balaban J connectivity index is 0.000000181. The number of fused-ring (bicyclic) bond motifs is 2. The predicted molar refractivity (Wildman–Crippen MR) is 343 cm³/mol. The number of benzene rings is 2. The summed E-state index contributed by atoms with van der Waals surface area (Å²) in [5.74, 6) is 2.21. The Kier molecular flexibility index (Phi) is 19.8. The van der Waals surface area contributed by atoms with Crippen molar-refractivity contribution in [3.63, 3.8) is 0 Å². The highest BCUT2D eigenvalue weighted by Crippen LogP contribution is 2.42. The molecule has 4 saturated heterocycles. The summed E-state index contributed by atoms with van der Waals surface area (Å²) >= 11 is 5.86. The smallest absolute Gasteiger partial charge is 0.368 e. The molecule has 6 aromatic rings. The summed E-state index contributed by atoms with van der Waals surface area (Å²) in [4.78, 5) is 54.3. The van der Waals surface area contributed by atoms with E-state index in [0.717, 1.165) is 46.3 Å². The van der Waals surface area contributed by atoms with Gasteiger partial charge < -0.3 is 40.7 Å². The molecule has 0 saturated carbocycles. The molecule has 0 spiro atoms. The molecule has 0 aliphatic carbocycles. The van der Waals surface area contributed by atoms with Crippen molar-refractivity contribution >= 4 is 60.3 Å². The second-order valence-electron chi connectivity index (χ2n) is 27.2. The molecule has 0 bridgehead atoms. The van der Waals surface area contributed by atoms with Gasteiger partial charge in [0.15, 0.2) is 8.32 Å². The third kappa shape index (κ3) is 15.6. The van der Waals surface area contributed by atoms with E-state index in [0.29, 0.717) is 87.9 Å². The molecule has 4 aliphatic rings. The molecule has 4 aliphatic heterocycles. The van der Waals surface area contributed by atoms with Crippen molar-refractivity contribution in [3.8, 4) is 22.9 Å². The van der Waals surface area contributed by atoms with Gasteiger partial charge in [0.25, 0.3) is 0 Å². The number of nitrogens with two attached hydrogens (primary N) is 1. The van der Waals surface area contributed by atoms with Gasteiger partial charge in [-0.15, -0.1) is 0 Å². The first kappa shape index (κ1) is 66.4. The van der Waals surface area contributed by atoms with E-state index in [1.165, 1.54) is 63.4 Å². The highest BCUT2D eigenvalue weighted by Gasteiger charge is 2.45. The average molecular weight is 1250 g/mol. The van der Waals surface area contributed by atoms with Crippen LogP contribution in [-0.4, -0.2) is 155 Å². The highest BCUT2D eigenvalue weighted by molar-refractivity contribution is 6.74. The van der Waals surface area contributed by atoms with Crippen LogP contribution in [-0.2, 0) is 18.5 Å². The van der Waals surface area contributed by atoms with Crippen LogP contribution in [0.2, 0.25) is 23.4 Å². The zero-order valence-electron chi connectivity index (χ0n) is 53.5. The summed E-state index contributed by atoms with van der Waals surface area (Å²) in [7, 11) is 1.14. The molecule has 10 rings (SSSR count). The molecular weight excluding hydrogens is 1160 g/mol. The monoisotopic (exact) mass is 1250 g/mol. The van der Waals surface area contributed by atoms with Crippen molar-refractivity contribution in [1.29, 1.82) is 0 Å². The molecular formula is C60H87ClN20O6Si. The van der Waals surface area contributed by atoms with Crippen molar-refractivity contribution < 1.29 is 19.0 Å². The molecule has 4 aromatic heterocycles. The first-order chi connectivity index (χ1) is 41.2. The summed E-state index contributed by atoms with van der Waals surface area (Å²) in [6.07, 6.45) is 12.1. The van der Waals surface area contributed by atoms with Crippen molar-refractivity contribution in [2.24, 2.45) is 14.1 Å². The number of hydrogen-bond acceptors (Lipinski definition) is 20. The first-order valence-electron chi connectivity index (χ1n) is 29.9. The number of aliphatic hydroxyl groups excluding tert-OH is 1. The van der Waals surface area contributed by atoms with E-state index in [2.05, 4.69) is 138 Å². The first-order valence-corrected chi connectivity index (χ1v) is 33.1. The molecule has 2 aromatic carbocycles. The number of nitrogens with zero attached hydrogens (tertiary/aromatic N) is 16. The Hall–Kier alpha value is -7.53. The number of nitrogen functional groups attached to an aromatic ring is 1. The lowest BCUT2D eigenvalue weighted by atomic mass is 9.84. The number of aromatic nitrogens is 12. The van der Waals surface area contributed by atoms with Gasteiger partial charge in [-0.2, -0.15) is 18.7 Å². The Morgan fingerprint density at radius 2 is 1.22 bits per heavy atom. The van der Waals surface area contributed by atoms with Gasteiger partial charge in [-0.1, -0.05) is 20.8 Å². The molecule has 6 N–H and O–H groups in total. The van der Waals surface area contributed by atoms with E-state index >= 15 is 0 Å². The minimum absolute atomic E-state index is 0.0761. The number of aliphatic hydroxyl groups is 1. The van der Waals surface area contributed by atoms with Crippen LogP contribution in [0.1, 0.15) is 128 Å². The van der Waals surface area contributed by atoms with Crippen LogP contribution in [0, 0.1) is 13.1 Å². The maximum atomic E-state index is 12.7. The topological polar surface area (TPSA) is 282 Å². The number of rotatable bonds is 16. The molecule has 8 heterocycles. The molecule has 28 heteroatoms. The Bertz CT molecular complexity index is 3650. The quantitative estimate of drug-likeness (QED) is 0.0261. The Morgan fingerprint density at radius 3 is 1.70 bits per heavy atom. The van der Waals surface area contributed by atoms with Gasteiger partial charge in [-0.05, 0) is 207 Å². The number of anilines is 5. The fourth-order valence-electron chi connectivity index (χ4n) is 11.7. The zero-order chi connectivity index (χ0) is 64.3. The van der Waals surface area contributed by atoms with Crippen LogP contribution in [0.25, 0.3) is 21.1 Å². The standard InChI is InChI=1S/C27H36N10O3.C18H31N5O3Si.C15H20ClN5/c1-26(2)14-18(12-19-8-7-11-36(19)26)30-23-20(28-5)15-29-24(32-23)31-17-9-10-22(40-27(3,4)16-38)21(13-17)37-25(39)35(6)33-34-37;1-17(2,3)27(7,8)25-12-18(4,5)26-15-10-9-13(19)11-14(15)23-16(24)22(6)20-21-23;1-15(2)8-10(7-11-5-4-6-21(11)15)19-13-12(17-3)9-18-14(16)20-13/h9-10,13,15,18-19,38H,7-8,11-12,14,16H2,1-4,6H3,(H2,29,30,31,32);9-11H,12,19H2,1-8H3;9-11H,4-8H2,1-2H3,(H,18,19,20)/t18-,19+;;10-,11+/m1.1/s1. The van der Waals surface area contributed by atoms with E-state index in [1.807, 2.05) is 13.8 Å². The third-order valence-corrected chi connectivity index (χ3v) is 21.8. The minimum atomic E-state index is -1.90. The lowest BCUT2D eigenvalue weighted by Gasteiger charge is -2.48. The van der Waals surface area contributed by atoms with Gasteiger partial charge in [-0.3, -0.25) is 9.80 Å². The number of piperidine rings is 2. The summed E-state index contributed by atoms with van der Waals surface area (Å²) in [6.45, 7) is 45.0. The van der Waals surface area contributed by atoms with Crippen LogP contribution >= 0.6 is 11.6 Å². The van der Waals surface area contributed by atoms with Crippen LogP contribution in [0.3, 0.4) is 0 Å². The number of hydrogen-bond donors (Lipinski definition) is 5. The van der Waals surface area contributed by atoms with Crippen LogP contribution in [0.5, 0.6) is 11.5 Å².